The molecule has 0 aliphatic rings. The van der Waals surface area contributed by atoms with Crippen molar-refractivity contribution in [2.75, 3.05) is 11.9 Å². The number of aryl methyl sites for hydroxylation is 2. The van der Waals surface area contributed by atoms with E-state index in [4.69, 9.17) is 9.15 Å². The molecule has 5 nitrogen and oxygen atoms in total. The van der Waals surface area contributed by atoms with Gasteiger partial charge in [-0.05, 0) is 96.1 Å². The lowest BCUT2D eigenvalue weighted by atomic mass is 10.1. The Balaban J connectivity index is 1.45. The molecule has 0 unspecified atom stereocenters. The molecule has 1 N–H and O–H groups in total. The predicted octanol–water partition coefficient (Wildman–Crippen LogP) is 5.73. The van der Waals surface area contributed by atoms with E-state index in [0.717, 1.165) is 14.7 Å². The Bertz CT molecular complexity index is 1200. The maximum absolute atomic E-state index is 12.3. The Morgan fingerprint density at radius 3 is 2.72 bits per heavy atom. The number of benzene rings is 3. The lowest BCUT2D eigenvalue weighted by Gasteiger charge is -2.09. The summed E-state index contributed by atoms with van der Waals surface area (Å²) < 4.78 is 12.5. The maximum atomic E-state index is 12.3. The smallest absolute Gasteiger partial charge is 0.262 e. The van der Waals surface area contributed by atoms with Crippen LogP contribution in [-0.2, 0) is 4.79 Å². The summed E-state index contributed by atoms with van der Waals surface area (Å²) in [6.07, 6.45) is 0. The number of anilines is 1. The first-order chi connectivity index (χ1) is 14.0. The van der Waals surface area contributed by atoms with Crippen LogP contribution in [0.1, 0.15) is 11.1 Å². The van der Waals surface area contributed by atoms with E-state index in [9.17, 15) is 4.79 Å². The van der Waals surface area contributed by atoms with Gasteiger partial charge in [0.15, 0.2) is 12.2 Å². The molecular formula is C23H19IN2O3. The molecule has 4 rings (SSSR count). The number of carbonyl (C=O) groups is 1. The van der Waals surface area contributed by atoms with Crippen molar-refractivity contribution in [1.29, 1.82) is 0 Å². The minimum atomic E-state index is -0.232. The number of carbonyl (C=O) groups excluding carboxylic acids is 1. The number of nitrogens with zero attached hydrogens (tertiary/aromatic N) is 1. The highest BCUT2D eigenvalue weighted by Gasteiger charge is 2.11. The first-order valence-corrected chi connectivity index (χ1v) is 10.2. The number of ether oxygens (including phenoxy) is 1. The highest BCUT2D eigenvalue weighted by molar-refractivity contribution is 14.1. The van der Waals surface area contributed by atoms with E-state index >= 15 is 0 Å². The third-order valence-electron chi connectivity index (χ3n) is 4.59. The van der Waals surface area contributed by atoms with Crippen LogP contribution in [0.3, 0.4) is 0 Å². The van der Waals surface area contributed by atoms with Crippen molar-refractivity contribution in [2.24, 2.45) is 0 Å². The van der Waals surface area contributed by atoms with Gasteiger partial charge in [-0.25, -0.2) is 4.98 Å². The van der Waals surface area contributed by atoms with E-state index in [1.807, 2.05) is 56.3 Å². The number of rotatable bonds is 5. The number of amides is 1. The van der Waals surface area contributed by atoms with Crippen LogP contribution in [0.15, 0.2) is 65.1 Å². The molecule has 29 heavy (non-hydrogen) atoms. The SMILES string of the molecule is Cc1ccc(OCC(=O)Nc2ccc3oc(-c4cccc(I)c4)nc3c2)cc1C. The minimum absolute atomic E-state index is 0.0624. The van der Waals surface area contributed by atoms with Crippen LogP contribution in [0.2, 0.25) is 0 Å². The highest BCUT2D eigenvalue weighted by atomic mass is 127. The van der Waals surface area contributed by atoms with Gasteiger partial charge in [0.2, 0.25) is 5.89 Å². The second kappa shape index (κ2) is 8.24. The van der Waals surface area contributed by atoms with Crippen molar-refractivity contribution in [3.63, 3.8) is 0 Å². The van der Waals surface area contributed by atoms with E-state index in [0.29, 0.717) is 28.4 Å². The van der Waals surface area contributed by atoms with Gasteiger partial charge < -0.3 is 14.5 Å². The number of fused-ring (bicyclic) bond motifs is 1. The molecule has 0 saturated heterocycles. The van der Waals surface area contributed by atoms with Crippen LogP contribution in [0.4, 0.5) is 5.69 Å². The molecular weight excluding hydrogens is 479 g/mol. The summed E-state index contributed by atoms with van der Waals surface area (Å²) >= 11 is 2.26. The van der Waals surface area contributed by atoms with Crippen molar-refractivity contribution >= 4 is 45.3 Å². The molecule has 0 bridgehead atoms. The lowest BCUT2D eigenvalue weighted by molar-refractivity contribution is -0.118. The molecule has 0 saturated carbocycles. The van der Waals surface area contributed by atoms with E-state index in [1.165, 1.54) is 5.56 Å². The van der Waals surface area contributed by atoms with Gasteiger partial charge in [0, 0.05) is 14.8 Å². The molecule has 1 amide bonds. The lowest BCUT2D eigenvalue weighted by Crippen LogP contribution is -2.20. The highest BCUT2D eigenvalue weighted by Crippen LogP contribution is 2.27. The standard InChI is InChI=1S/C23H19IN2O3/c1-14-6-8-19(10-15(14)2)28-13-22(27)25-18-7-9-21-20(12-18)26-23(29-21)16-4-3-5-17(24)11-16/h3-12H,13H2,1-2H3,(H,25,27). The molecule has 1 heterocycles. The largest absolute Gasteiger partial charge is 0.484 e. The van der Waals surface area contributed by atoms with Gasteiger partial charge in [0.05, 0.1) is 0 Å². The van der Waals surface area contributed by atoms with E-state index in [-0.39, 0.29) is 12.5 Å². The van der Waals surface area contributed by atoms with Gasteiger partial charge in [-0.2, -0.15) is 0 Å². The molecule has 3 aromatic carbocycles. The number of oxazole rings is 1. The Labute approximate surface area is 182 Å². The zero-order valence-electron chi connectivity index (χ0n) is 16.0. The van der Waals surface area contributed by atoms with Crippen LogP contribution in [-0.4, -0.2) is 17.5 Å². The minimum Gasteiger partial charge on any atom is -0.484 e. The predicted molar refractivity (Wildman–Crippen MR) is 122 cm³/mol. The summed E-state index contributed by atoms with van der Waals surface area (Å²) in [4.78, 5) is 16.8. The van der Waals surface area contributed by atoms with Gasteiger partial charge in [-0.1, -0.05) is 12.1 Å². The number of halogens is 1. The van der Waals surface area contributed by atoms with Crippen molar-refractivity contribution in [1.82, 2.24) is 4.98 Å². The number of aromatic nitrogens is 1. The molecule has 6 heteroatoms. The monoisotopic (exact) mass is 498 g/mol. The molecule has 0 fully saturated rings. The fourth-order valence-corrected chi connectivity index (χ4v) is 3.44. The molecule has 0 aliphatic carbocycles. The van der Waals surface area contributed by atoms with Crippen LogP contribution in [0.5, 0.6) is 5.75 Å². The summed E-state index contributed by atoms with van der Waals surface area (Å²) in [5.41, 5.74) is 5.24. The summed E-state index contributed by atoms with van der Waals surface area (Å²) in [7, 11) is 0. The maximum Gasteiger partial charge on any atom is 0.262 e. The second-order valence-electron chi connectivity index (χ2n) is 6.79. The molecule has 0 radical (unpaired) electrons. The topological polar surface area (TPSA) is 64.4 Å². The van der Waals surface area contributed by atoms with Crippen molar-refractivity contribution in [3.05, 3.63) is 75.4 Å². The van der Waals surface area contributed by atoms with Gasteiger partial charge >= 0.3 is 0 Å². The summed E-state index contributed by atoms with van der Waals surface area (Å²) in [5, 5.41) is 2.84. The summed E-state index contributed by atoms with van der Waals surface area (Å²) in [6, 6.07) is 19.1. The fourth-order valence-electron chi connectivity index (χ4n) is 2.90. The van der Waals surface area contributed by atoms with Crippen molar-refractivity contribution in [3.8, 4) is 17.2 Å². The van der Waals surface area contributed by atoms with E-state index < -0.39 is 0 Å². The molecule has 0 spiro atoms. The van der Waals surface area contributed by atoms with Gasteiger partial charge in [-0.3, -0.25) is 4.79 Å². The molecule has 0 atom stereocenters. The first-order valence-electron chi connectivity index (χ1n) is 9.14. The Morgan fingerprint density at radius 1 is 1.07 bits per heavy atom. The summed E-state index contributed by atoms with van der Waals surface area (Å²) in [6.45, 7) is 3.99. The first kappa shape index (κ1) is 19.4. The van der Waals surface area contributed by atoms with Crippen LogP contribution >= 0.6 is 22.6 Å². The average molecular weight is 498 g/mol. The van der Waals surface area contributed by atoms with Crippen molar-refractivity contribution < 1.29 is 13.9 Å². The van der Waals surface area contributed by atoms with Gasteiger partial charge in [0.1, 0.15) is 11.3 Å². The molecule has 146 valence electrons. The number of hydrogen-bond acceptors (Lipinski definition) is 4. The number of nitrogens with one attached hydrogen (secondary N) is 1. The average Bonchev–Trinajstić information content (AvgIpc) is 3.12. The van der Waals surface area contributed by atoms with Crippen molar-refractivity contribution in [2.45, 2.75) is 13.8 Å². The fraction of sp³-hybridized carbons (Fsp3) is 0.130. The van der Waals surface area contributed by atoms with Crippen LogP contribution < -0.4 is 10.1 Å². The van der Waals surface area contributed by atoms with E-state index in [2.05, 4.69) is 32.9 Å². The molecule has 0 aliphatic heterocycles. The third kappa shape index (κ3) is 4.59. The Kier molecular flexibility index (Phi) is 5.53. The Morgan fingerprint density at radius 2 is 1.93 bits per heavy atom. The Hall–Kier alpha value is -2.87. The zero-order valence-corrected chi connectivity index (χ0v) is 18.2. The molecule has 4 aromatic rings. The second-order valence-corrected chi connectivity index (χ2v) is 8.04. The third-order valence-corrected chi connectivity index (χ3v) is 5.26. The quantitative estimate of drug-likeness (QED) is 0.357. The molecule has 1 aromatic heterocycles. The van der Waals surface area contributed by atoms with Gasteiger partial charge in [-0.15, -0.1) is 0 Å². The van der Waals surface area contributed by atoms with E-state index in [1.54, 1.807) is 18.2 Å². The normalized spacial score (nSPS) is 10.9. The van der Waals surface area contributed by atoms with Crippen LogP contribution in [0.25, 0.3) is 22.6 Å². The van der Waals surface area contributed by atoms with Gasteiger partial charge in [0.25, 0.3) is 5.91 Å². The summed E-state index contributed by atoms with van der Waals surface area (Å²) in [5.74, 6) is 1.00. The zero-order chi connectivity index (χ0) is 20.4. The van der Waals surface area contributed by atoms with Crippen LogP contribution in [0, 0.1) is 17.4 Å². The number of hydrogen-bond donors (Lipinski definition) is 1.